The predicted octanol–water partition coefficient (Wildman–Crippen LogP) is 1.67. The van der Waals surface area contributed by atoms with Crippen molar-refractivity contribution in [2.24, 2.45) is 0 Å². The van der Waals surface area contributed by atoms with Crippen LogP contribution in [-0.2, 0) is 4.74 Å². The van der Waals surface area contributed by atoms with Gasteiger partial charge in [-0.25, -0.2) is 0 Å². The molecular formula is C7H13NOS. The third-order valence-corrected chi connectivity index (χ3v) is 2.09. The molecule has 0 radical (unpaired) electrons. The highest BCUT2D eigenvalue weighted by Gasteiger charge is 2.02. The monoisotopic (exact) mass is 159 g/mol. The molecule has 0 amide bonds. The van der Waals surface area contributed by atoms with Gasteiger partial charge in [-0.15, -0.1) is 0 Å². The van der Waals surface area contributed by atoms with Crippen molar-refractivity contribution in [3.05, 3.63) is 0 Å². The van der Waals surface area contributed by atoms with Crippen LogP contribution in [-0.4, -0.2) is 24.7 Å². The van der Waals surface area contributed by atoms with Gasteiger partial charge in [0.1, 0.15) is 6.10 Å². The Bertz CT molecular complexity index is 111. The molecule has 0 aromatic carbocycles. The quantitative estimate of drug-likeness (QED) is 0.572. The summed E-state index contributed by atoms with van der Waals surface area (Å²) in [5, 5.41) is 8.44. The lowest BCUT2D eigenvalue weighted by Gasteiger charge is -2.04. The molecule has 3 heteroatoms. The summed E-state index contributed by atoms with van der Waals surface area (Å²) >= 11 is 1.84. The average Bonchev–Trinajstić information content (AvgIpc) is 1.99. The van der Waals surface area contributed by atoms with Gasteiger partial charge in [-0.05, 0) is 17.9 Å². The molecule has 0 aromatic rings. The molecule has 1 unspecified atom stereocenters. The lowest BCUT2D eigenvalue weighted by atomic mass is 10.3. The first-order valence-electron chi connectivity index (χ1n) is 3.35. The van der Waals surface area contributed by atoms with Crippen molar-refractivity contribution in [2.45, 2.75) is 19.4 Å². The standard InChI is InChI=1S/C7H13NOS/c1-3-10-5-4-7(6-8)9-2/h7H,3-5H2,1-2H3. The maximum Gasteiger partial charge on any atom is 0.144 e. The number of hydrogen-bond acceptors (Lipinski definition) is 3. The Hall–Kier alpha value is -0.200. The van der Waals surface area contributed by atoms with Crippen LogP contribution in [0.3, 0.4) is 0 Å². The lowest BCUT2D eigenvalue weighted by molar-refractivity contribution is 0.144. The van der Waals surface area contributed by atoms with Crippen molar-refractivity contribution in [3.63, 3.8) is 0 Å². The van der Waals surface area contributed by atoms with E-state index in [1.54, 1.807) is 7.11 Å². The summed E-state index contributed by atoms with van der Waals surface area (Å²) in [6.45, 7) is 2.11. The van der Waals surface area contributed by atoms with Crippen LogP contribution in [0.1, 0.15) is 13.3 Å². The highest BCUT2D eigenvalue weighted by molar-refractivity contribution is 7.99. The molecule has 10 heavy (non-hydrogen) atoms. The van der Waals surface area contributed by atoms with Crippen molar-refractivity contribution in [3.8, 4) is 6.07 Å². The second kappa shape index (κ2) is 6.91. The zero-order valence-corrected chi connectivity index (χ0v) is 7.28. The molecular weight excluding hydrogens is 146 g/mol. The van der Waals surface area contributed by atoms with Gasteiger partial charge in [0.2, 0.25) is 0 Å². The molecule has 0 N–H and O–H groups in total. The van der Waals surface area contributed by atoms with Crippen molar-refractivity contribution < 1.29 is 4.74 Å². The van der Waals surface area contributed by atoms with E-state index in [0.29, 0.717) is 0 Å². The number of methoxy groups -OCH3 is 1. The van der Waals surface area contributed by atoms with Crippen LogP contribution in [0.15, 0.2) is 0 Å². The minimum atomic E-state index is -0.209. The number of nitriles is 1. The summed E-state index contributed by atoms with van der Waals surface area (Å²) in [5.41, 5.74) is 0. The first-order chi connectivity index (χ1) is 4.85. The van der Waals surface area contributed by atoms with Gasteiger partial charge in [-0.1, -0.05) is 6.92 Å². The lowest BCUT2D eigenvalue weighted by Crippen LogP contribution is -2.07. The van der Waals surface area contributed by atoms with E-state index in [0.717, 1.165) is 17.9 Å². The first-order valence-corrected chi connectivity index (χ1v) is 4.50. The smallest absolute Gasteiger partial charge is 0.144 e. The largest absolute Gasteiger partial charge is 0.366 e. The van der Waals surface area contributed by atoms with Crippen LogP contribution in [0, 0.1) is 11.3 Å². The highest BCUT2D eigenvalue weighted by Crippen LogP contribution is 2.04. The van der Waals surface area contributed by atoms with E-state index in [1.165, 1.54) is 0 Å². The third-order valence-electron chi connectivity index (χ3n) is 1.16. The van der Waals surface area contributed by atoms with Crippen molar-refractivity contribution >= 4 is 11.8 Å². The van der Waals surface area contributed by atoms with Gasteiger partial charge in [0.25, 0.3) is 0 Å². The van der Waals surface area contributed by atoms with Gasteiger partial charge >= 0.3 is 0 Å². The van der Waals surface area contributed by atoms with Crippen LogP contribution in [0.2, 0.25) is 0 Å². The normalized spacial score (nSPS) is 12.5. The van der Waals surface area contributed by atoms with Crippen LogP contribution in [0.4, 0.5) is 0 Å². The SMILES string of the molecule is CCSCCC(C#N)OC. The third kappa shape index (κ3) is 4.66. The number of ether oxygens (including phenoxy) is 1. The summed E-state index contributed by atoms with van der Waals surface area (Å²) in [6, 6.07) is 2.08. The summed E-state index contributed by atoms with van der Waals surface area (Å²) in [7, 11) is 1.57. The van der Waals surface area contributed by atoms with E-state index in [1.807, 2.05) is 11.8 Å². The molecule has 0 saturated heterocycles. The Labute approximate surface area is 66.6 Å². The summed E-state index contributed by atoms with van der Waals surface area (Å²) < 4.78 is 4.87. The Balaban J connectivity index is 3.20. The minimum absolute atomic E-state index is 0.209. The van der Waals surface area contributed by atoms with Crippen LogP contribution < -0.4 is 0 Å². The molecule has 1 atom stereocenters. The van der Waals surface area contributed by atoms with Crippen LogP contribution >= 0.6 is 11.8 Å². The Morgan fingerprint density at radius 2 is 2.40 bits per heavy atom. The van der Waals surface area contributed by atoms with Gasteiger partial charge in [-0.3, -0.25) is 0 Å². The number of rotatable bonds is 5. The molecule has 0 spiro atoms. The molecule has 58 valence electrons. The fraction of sp³-hybridized carbons (Fsp3) is 0.857. The van der Waals surface area contributed by atoms with Crippen LogP contribution in [0.25, 0.3) is 0 Å². The minimum Gasteiger partial charge on any atom is -0.366 e. The fourth-order valence-electron chi connectivity index (χ4n) is 0.570. The summed E-state index contributed by atoms with van der Waals surface area (Å²) in [4.78, 5) is 0. The zero-order chi connectivity index (χ0) is 7.82. The van der Waals surface area contributed by atoms with Gasteiger partial charge in [0.05, 0.1) is 6.07 Å². The molecule has 0 aromatic heterocycles. The first kappa shape index (κ1) is 9.80. The Morgan fingerprint density at radius 3 is 2.80 bits per heavy atom. The molecule has 0 rings (SSSR count). The van der Waals surface area contributed by atoms with Gasteiger partial charge < -0.3 is 4.74 Å². The molecule has 0 bridgehead atoms. The summed E-state index contributed by atoms with van der Waals surface area (Å²) in [6.07, 6.45) is 0.630. The number of thioether (sulfide) groups is 1. The molecule has 0 aliphatic rings. The van der Waals surface area contributed by atoms with Gasteiger partial charge in [0, 0.05) is 7.11 Å². The van der Waals surface area contributed by atoms with Crippen molar-refractivity contribution in [1.29, 1.82) is 5.26 Å². The highest BCUT2D eigenvalue weighted by atomic mass is 32.2. The molecule has 0 heterocycles. The van der Waals surface area contributed by atoms with E-state index >= 15 is 0 Å². The van der Waals surface area contributed by atoms with Crippen molar-refractivity contribution in [2.75, 3.05) is 18.6 Å². The molecule has 0 saturated carbocycles. The van der Waals surface area contributed by atoms with Gasteiger partial charge in [0.15, 0.2) is 0 Å². The van der Waals surface area contributed by atoms with E-state index in [2.05, 4.69) is 13.0 Å². The zero-order valence-electron chi connectivity index (χ0n) is 6.46. The second-order valence-corrected chi connectivity index (χ2v) is 3.23. The summed E-state index contributed by atoms with van der Waals surface area (Å²) in [5.74, 6) is 2.13. The van der Waals surface area contributed by atoms with Gasteiger partial charge in [-0.2, -0.15) is 17.0 Å². The van der Waals surface area contributed by atoms with E-state index < -0.39 is 0 Å². The topological polar surface area (TPSA) is 33.0 Å². The molecule has 0 fully saturated rings. The van der Waals surface area contributed by atoms with E-state index in [-0.39, 0.29) is 6.10 Å². The molecule has 0 aliphatic carbocycles. The molecule has 0 aliphatic heterocycles. The van der Waals surface area contributed by atoms with E-state index in [9.17, 15) is 0 Å². The fourth-order valence-corrected chi connectivity index (χ4v) is 1.24. The van der Waals surface area contributed by atoms with E-state index in [4.69, 9.17) is 10.00 Å². The predicted molar refractivity (Wildman–Crippen MR) is 44.0 cm³/mol. The Morgan fingerprint density at radius 1 is 1.70 bits per heavy atom. The Kier molecular flexibility index (Phi) is 6.78. The molecule has 2 nitrogen and oxygen atoms in total. The average molecular weight is 159 g/mol. The number of nitrogens with zero attached hydrogens (tertiary/aromatic N) is 1. The number of hydrogen-bond donors (Lipinski definition) is 0. The maximum atomic E-state index is 8.44. The maximum absolute atomic E-state index is 8.44. The van der Waals surface area contributed by atoms with Crippen molar-refractivity contribution in [1.82, 2.24) is 0 Å². The van der Waals surface area contributed by atoms with Crippen LogP contribution in [0.5, 0.6) is 0 Å². The second-order valence-electron chi connectivity index (χ2n) is 1.84.